The van der Waals surface area contributed by atoms with E-state index in [9.17, 15) is 15.0 Å². The van der Waals surface area contributed by atoms with Gasteiger partial charge in [-0.1, -0.05) is 72.9 Å². The Morgan fingerprint density at radius 1 is 1.02 bits per heavy atom. The highest BCUT2D eigenvalue weighted by Crippen LogP contribution is 2.49. The van der Waals surface area contributed by atoms with Crippen LogP contribution >= 0.6 is 34.8 Å². The van der Waals surface area contributed by atoms with Crippen LogP contribution < -0.4 is 10.1 Å². The van der Waals surface area contributed by atoms with E-state index < -0.39 is 23.0 Å². The molecule has 4 aromatic rings. The third-order valence-electron chi connectivity index (χ3n) is 7.88. The fourth-order valence-corrected chi connectivity index (χ4v) is 6.16. The highest BCUT2D eigenvalue weighted by Gasteiger charge is 2.44. The first-order chi connectivity index (χ1) is 20.3. The number of pyridine rings is 1. The van der Waals surface area contributed by atoms with E-state index in [4.69, 9.17) is 44.5 Å². The summed E-state index contributed by atoms with van der Waals surface area (Å²) in [7, 11) is 0. The van der Waals surface area contributed by atoms with Gasteiger partial charge < -0.3 is 20.3 Å². The van der Waals surface area contributed by atoms with Crippen LogP contribution in [0, 0.1) is 5.41 Å². The van der Waals surface area contributed by atoms with Crippen LogP contribution in [-0.2, 0) is 0 Å². The number of hydrogen-bond donors (Lipinski definition) is 3. The van der Waals surface area contributed by atoms with Crippen LogP contribution in [0.15, 0.2) is 72.8 Å². The van der Waals surface area contributed by atoms with Gasteiger partial charge in [0, 0.05) is 44.6 Å². The van der Waals surface area contributed by atoms with Crippen LogP contribution in [0.5, 0.6) is 11.6 Å². The molecule has 1 aliphatic rings. The number of aromatic nitrogens is 1. The van der Waals surface area contributed by atoms with Gasteiger partial charge in [0.25, 0.3) is 5.91 Å². The van der Waals surface area contributed by atoms with Gasteiger partial charge in [0.2, 0.25) is 5.88 Å². The maximum atomic E-state index is 12.8. The Morgan fingerprint density at radius 2 is 1.70 bits per heavy atom. The number of phenols is 1. The van der Waals surface area contributed by atoms with Crippen molar-refractivity contribution < 1.29 is 19.7 Å². The van der Waals surface area contributed by atoms with Gasteiger partial charge >= 0.3 is 0 Å². The summed E-state index contributed by atoms with van der Waals surface area (Å²) in [5.41, 5.74) is 2.51. The first-order valence-corrected chi connectivity index (χ1v) is 15.1. The standard InChI is InChI=1S/C34H33Cl3N2O4/c1-33(2,18-38-31(42)23-7-5-6-8-28(23)40)30(41)26-17-34(3,4)43-32-25(26)16-24(19-9-11-20(35)12-10-19)29(39-32)22-14-13-21(36)15-27(22)37/h5-16,26,30,40-41H,17-18H2,1-4H3,(H,38,42). The van der Waals surface area contributed by atoms with Crippen LogP contribution in [-0.4, -0.2) is 39.4 Å². The number of aromatic hydroxyl groups is 1. The van der Waals surface area contributed by atoms with E-state index in [1.807, 2.05) is 64.1 Å². The van der Waals surface area contributed by atoms with Crippen molar-refractivity contribution in [1.82, 2.24) is 10.3 Å². The van der Waals surface area contributed by atoms with Crippen molar-refractivity contribution in [3.05, 3.63) is 99.0 Å². The van der Waals surface area contributed by atoms with Gasteiger partial charge in [0.05, 0.1) is 22.4 Å². The lowest BCUT2D eigenvalue weighted by atomic mass is 9.72. The van der Waals surface area contributed by atoms with Crippen LogP contribution in [0.3, 0.4) is 0 Å². The van der Waals surface area contributed by atoms with Crippen molar-refractivity contribution in [1.29, 1.82) is 0 Å². The van der Waals surface area contributed by atoms with E-state index in [0.717, 1.165) is 16.7 Å². The molecule has 0 aliphatic carbocycles. The molecule has 2 unspecified atom stereocenters. The Labute approximate surface area is 266 Å². The zero-order valence-corrected chi connectivity index (χ0v) is 26.6. The third-order valence-corrected chi connectivity index (χ3v) is 8.68. The van der Waals surface area contributed by atoms with Gasteiger partial charge in [-0.3, -0.25) is 4.79 Å². The maximum Gasteiger partial charge on any atom is 0.255 e. The van der Waals surface area contributed by atoms with Gasteiger partial charge in [-0.15, -0.1) is 0 Å². The average Bonchev–Trinajstić information content (AvgIpc) is 2.95. The fourth-order valence-electron chi connectivity index (χ4n) is 5.54. The molecule has 0 bridgehead atoms. The minimum absolute atomic E-state index is 0.101. The van der Waals surface area contributed by atoms with Crippen LogP contribution in [0.4, 0.5) is 0 Å². The van der Waals surface area contributed by atoms with E-state index in [1.54, 1.807) is 30.3 Å². The molecule has 0 fully saturated rings. The second-order valence-corrected chi connectivity index (χ2v) is 13.5. The molecule has 1 amide bonds. The number of para-hydroxylation sites is 1. The molecule has 1 aromatic heterocycles. The fraction of sp³-hybridized carbons (Fsp3) is 0.294. The summed E-state index contributed by atoms with van der Waals surface area (Å²) in [6, 6.07) is 21.1. The first kappa shape index (κ1) is 31.1. The highest BCUT2D eigenvalue weighted by molar-refractivity contribution is 6.36. The molecule has 9 heteroatoms. The second-order valence-electron chi connectivity index (χ2n) is 12.2. The second kappa shape index (κ2) is 12.0. The number of nitrogens with one attached hydrogen (secondary N) is 1. The van der Waals surface area contributed by atoms with Crippen molar-refractivity contribution in [2.45, 2.75) is 51.7 Å². The van der Waals surface area contributed by atoms with E-state index >= 15 is 0 Å². The maximum absolute atomic E-state index is 12.8. The number of fused-ring (bicyclic) bond motifs is 1. The third kappa shape index (κ3) is 6.63. The number of carbonyl (C=O) groups is 1. The van der Waals surface area contributed by atoms with Crippen LogP contribution in [0.25, 0.3) is 22.4 Å². The summed E-state index contributed by atoms with van der Waals surface area (Å²) in [4.78, 5) is 17.9. The summed E-state index contributed by atoms with van der Waals surface area (Å²) in [6.45, 7) is 7.91. The summed E-state index contributed by atoms with van der Waals surface area (Å²) >= 11 is 19.1. The van der Waals surface area contributed by atoms with Crippen molar-refractivity contribution in [3.63, 3.8) is 0 Å². The van der Waals surface area contributed by atoms with Crippen molar-refractivity contribution in [2.75, 3.05) is 6.54 Å². The number of benzene rings is 3. The van der Waals surface area contributed by atoms with E-state index in [-0.39, 0.29) is 23.8 Å². The molecule has 2 heterocycles. The van der Waals surface area contributed by atoms with Gasteiger partial charge in [-0.25, -0.2) is 4.98 Å². The first-order valence-electron chi connectivity index (χ1n) is 14.0. The number of phenolic OH excluding ortho intramolecular Hbond substituents is 1. The number of rotatable bonds is 7. The molecule has 43 heavy (non-hydrogen) atoms. The molecule has 3 N–H and O–H groups in total. The smallest absolute Gasteiger partial charge is 0.255 e. The van der Waals surface area contributed by atoms with Gasteiger partial charge in [-0.05, 0) is 74.4 Å². The molecule has 0 spiro atoms. The van der Waals surface area contributed by atoms with Gasteiger partial charge in [0.15, 0.2) is 0 Å². The number of aliphatic hydroxyl groups excluding tert-OH is 1. The number of ether oxygens (including phenoxy) is 1. The quantitative estimate of drug-likeness (QED) is 0.189. The number of hydrogen-bond acceptors (Lipinski definition) is 5. The lowest BCUT2D eigenvalue weighted by Crippen LogP contribution is -2.47. The molecule has 224 valence electrons. The topological polar surface area (TPSA) is 91.7 Å². The number of amides is 1. The number of aliphatic hydroxyl groups is 1. The minimum atomic E-state index is -0.885. The number of halogens is 3. The molecule has 0 saturated carbocycles. The zero-order valence-electron chi connectivity index (χ0n) is 24.3. The Morgan fingerprint density at radius 3 is 2.37 bits per heavy atom. The largest absolute Gasteiger partial charge is 0.507 e. The van der Waals surface area contributed by atoms with E-state index in [2.05, 4.69) is 5.32 Å². The Hall–Kier alpha value is -3.29. The van der Waals surface area contributed by atoms with Crippen LogP contribution in [0.1, 0.15) is 56.0 Å². The molecule has 2 atom stereocenters. The van der Waals surface area contributed by atoms with Crippen molar-refractivity contribution in [3.8, 4) is 34.0 Å². The van der Waals surface area contributed by atoms with E-state index in [0.29, 0.717) is 38.6 Å². The molecule has 0 saturated heterocycles. The van der Waals surface area contributed by atoms with Gasteiger partial charge in [-0.2, -0.15) is 0 Å². The molecular formula is C34H33Cl3N2O4. The molecule has 1 aliphatic heterocycles. The Kier molecular flexibility index (Phi) is 8.70. The number of nitrogens with zero attached hydrogens (tertiary/aromatic N) is 1. The lowest BCUT2D eigenvalue weighted by Gasteiger charge is -2.43. The Bertz CT molecular complexity index is 1670. The molecule has 5 rings (SSSR count). The van der Waals surface area contributed by atoms with Crippen molar-refractivity contribution >= 4 is 40.7 Å². The lowest BCUT2D eigenvalue weighted by molar-refractivity contribution is -0.0169. The van der Waals surface area contributed by atoms with Crippen LogP contribution in [0.2, 0.25) is 15.1 Å². The summed E-state index contributed by atoms with van der Waals surface area (Å²) in [6.07, 6.45) is -0.371. The molecular weight excluding hydrogens is 607 g/mol. The Balaban J connectivity index is 1.56. The SMILES string of the molecule is CC1(C)CC(C(O)C(C)(C)CNC(=O)c2ccccc2O)c2cc(-c3ccc(Cl)cc3)c(-c3ccc(Cl)cc3Cl)nc2O1. The summed E-state index contributed by atoms with van der Waals surface area (Å²) in [5.74, 6) is -0.477. The highest BCUT2D eigenvalue weighted by atomic mass is 35.5. The molecule has 3 aromatic carbocycles. The zero-order chi connectivity index (χ0) is 31.1. The monoisotopic (exact) mass is 638 g/mol. The summed E-state index contributed by atoms with van der Waals surface area (Å²) < 4.78 is 6.41. The number of carbonyl (C=O) groups excluding carboxylic acids is 1. The molecule has 0 radical (unpaired) electrons. The predicted octanol–water partition coefficient (Wildman–Crippen LogP) is 8.54. The molecule has 6 nitrogen and oxygen atoms in total. The van der Waals surface area contributed by atoms with E-state index in [1.165, 1.54) is 6.07 Å². The van der Waals surface area contributed by atoms with Crippen molar-refractivity contribution in [2.24, 2.45) is 5.41 Å². The normalized spacial score (nSPS) is 16.6. The van der Waals surface area contributed by atoms with Gasteiger partial charge in [0.1, 0.15) is 11.4 Å². The predicted molar refractivity (Wildman–Crippen MR) is 172 cm³/mol. The minimum Gasteiger partial charge on any atom is -0.507 e. The average molecular weight is 640 g/mol. The summed E-state index contributed by atoms with van der Waals surface area (Å²) in [5, 5.41) is 26.5.